The molecule has 0 aliphatic rings. The Labute approximate surface area is 140 Å². The van der Waals surface area contributed by atoms with Crippen LogP contribution in [0.3, 0.4) is 0 Å². The molecule has 0 aliphatic carbocycles. The van der Waals surface area contributed by atoms with Crippen LogP contribution >= 0.6 is 0 Å². The van der Waals surface area contributed by atoms with Crippen molar-refractivity contribution in [1.29, 1.82) is 0 Å². The van der Waals surface area contributed by atoms with E-state index in [0.29, 0.717) is 12.1 Å². The lowest BCUT2D eigenvalue weighted by Crippen LogP contribution is -2.24. The van der Waals surface area contributed by atoms with Gasteiger partial charge in [0.1, 0.15) is 11.5 Å². The number of hydrogen-bond donors (Lipinski definition) is 2. The highest BCUT2D eigenvalue weighted by Crippen LogP contribution is 2.21. The quantitative estimate of drug-likeness (QED) is 0.771. The van der Waals surface area contributed by atoms with Gasteiger partial charge in [-0.1, -0.05) is 24.3 Å². The number of benzene rings is 2. The van der Waals surface area contributed by atoms with E-state index in [1.165, 1.54) is 12.1 Å². The lowest BCUT2D eigenvalue weighted by Gasteiger charge is -2.18. The summed E-state index contributed by atoms with van der Waals surface area (Å²) in [5.74, 6) is 0.859. The maximum absolute atomic E-state index is 12.1. The second-order valence-corrected chi connectivity index (χ2v) is 5.37. The summed E-state index contributed by atoms with van der Waals surface area (Å²) in [4.78, 5) is 0. The number of halogens is 2. The number of aliphatic hydroxyl groups excluding tert-OH is 1. The van der Waals surface area contributed by atoms with Crippen LogP contribution < -0.4 is 14.8 Å². The van der Waals surface area contributed by atoms with Gasteiger partial charge in [-0.15, -0.1) is 0 Å². The van der Waals surface area contributed by atoms with Crippen molar-refractivity contribution in [3.8, 4) is 11.5 Å². The SMILES string of the molecule is COc1ccc(C(C)NCC(O)c2ccc(OC(F)F)cc2)cc1. The highest BCUT2D eigenvalue weighted by Gasteiger charge is 2.12. The van der Waals surface area contributed by atoms with Crippen LogP contribution in [-0.4, -0.2) is 25.4 Å². The van der Waals surface area contributed by atoms with Crippen molar-refractivity contribution >= 4 is 0 Å². The monoisotopic (exact) mass is 337 g/mol. The molecule has 0 saturated heterocycles. The molecular weight excluding hydrogens is 316 g/mol. The van der Waals surface area contributed by atoms with E-state index in [0.717, 1.165) is 11.3 Å². The van der Waals surface area contributed by atoms with Crippen LogP contribution in [0.2, 0.25) is 0 Å². The molecule has 0 fully saturated rings. The minimum absolute atomic E-state index is 0.0481. The average molecular weight is 337 g/mol. The van der Waals surface area contributed by atoms with Crippen molar-refractivity contribution < 1.29 is 23.4 Å². The van der Waals surface area contributed by atoms with Crippen molar-refractivity contribution in [2.75, 3.05) is 13.7 Å². The third-order valence-corrected chi connectivity index (χ3v) is 3.72. The van der Waals surface area contributed by atoms with Crippen LogP contribution in [0.5, 0.6) is 11.5 Å². The molecule has 0 saturated carbocycles. The molecule has 6 heteroatoms. The molecule has 0 radical (unpaired) electrons. The van der Waals surface area contributed by atoms with Gasteiger partial charge in [0.25, 0.3) is 0 Å². The van der Waals surface area contributed by atoms with Gasteiger partial charge in [0, 0.05) is 12.6 Å². The van der Waals surface area contributed by atoms with Gasteiger partial charge in [-0.3, -0.25) is 0 Å². The standard InChI is InChI=1S/C18H21F2NO3/c1-12(13-3-7-15(23-2)8-4-13)21-11-17(22)14-5-9-16(10-6-14)24-18(19)20/h3-10,12,17-18,21-22H,11H2,1-2H3. The summed E-state index contributed by atoms with van der Waals surface area (Å²) in [7, 11) is 1.62. The molecule has 0 amide bonds. The maximum Gasteiger partial charge on any atom is 0.387 e. The number of rotatable bonds is 8. The van der Waals surface area contributed by atoms with E-state index in [2.05, 4.69) is 10.1 Å². The van der Waals surface area contributed by atoms with Crippen molar-refractivity contribution in [3.05, 3.63) is 59.7 Å². The Kier molecular flexibility index (Phi) is 6.52. The molecule has 2 aromatic rings. The van der Waals surface area contributed by atoms with Crippen molar-refractivity contribution in [1.82, 2.24) is 5.32 Å². The zero-order valence-corrected chi connectivity index (χ0v) is 13.6. The minimum Gasteiger partial charge on any atom is -0.497 e. The summed E-state index contributed by atoms with van der Waals surface area (Å²) in [6.45, 7) is -0.524. The molecule has 4 nitrogen and oxygen atoms in total. The Morgan fingerprint density at radius 1 is 0.958 bits per heavy atom. The normalized spacial score (nSPS) is 13.6. The fourth-order valence-electron chi connectivity index (χ4n) is 2.29. The summed E-state index contributed by atoms with van der Waals surface area (Å²) in [5, 5.41) is 13.4. The smallest absolute Gasteiger partial charge is 0.387 e. The number of nitrogens with one attached hydrogen (secondary N) is 1. The van der Waals surface area contributed by atoms with Gasteiger partial charge in [0.15, 0.2) is 0 Å². The second kappa shape index (κ2) is 8.61. The molecule has 24 heavy (non-hydrogen) atoms. The third-order valence-electron chi connectivity index (χ3n) is 3.72. The Balaban J connectivity index is 1.88. The minimum atomic E-state index is -2.85. The average Bonchev–Trinajstić information content (AvgIpc) is 2.59. The first-order chi connectivity index (χ1) is 11.5. The van der Waals surface area contributed by atoms with Crippen LogP contribution in [0.15, 0.2) is 48.5 Å². The van der Waals surface area contributed by atoms with Crippen LogP contribution in [-0.2, 0) is 0 Å². The lowest BCUT2D eigenvalue weighted by molar-refractivity contribution is -0.0498. The first-order valence-corrected chi connectivity index (χ1v) is 7.59. The van der Waals surface area contributed by atoms with E-state index in [4.69, 9.17) is 4.74 Å². The number of ether oxygens (including phenoxy) is 2. The first kappa shape index (κ1) is 18.2. The molecule has 2 unspecified atom stereocenters. The van der Waals surface area contributed by atoms with Gasteiger partial charge in [-0.25, -0.2) is 0 Å². The summed E-state index contributed by atoms with van der Waals surface area (Å²) in [6.07, 6.45) is -0.744. The topological polar surface area (TPSA) is 50.7 Å². The Bertz CT molecular complexity index is 617. The van der Waals surface area contributed by atoms with E-state index in [9.17, 15) is 13.9 Å². The largest absolute Gasteiger partial charge is 0.497 e. The number of alkyl halides is 2. The Morgan fingerprint density at radius 3 is 2.04 bits per heavy atom. The fourth-order valence-corrected chi connectivity index (χ4v) is 2.29. The Morgan fingerprint density at radius 2 is 1.50 bits per heavy atom. The molecule has 2 atom stereocenters. The molecule has 0 aliphatic heterocycles. The van der Waals surface area contributed by atoms with E-state index in [-0.39, 0.29) is 11.8 Å². The number of hydrogen-bond acceptors (Lipinski definition) is 4. The predicted molar refractivity (Wildman–Crippen MR) is 87.4 cm³/mol. The van der Waals surface area contributed by atoms with Crippen molar-refractivity contribution in [2.45, 2.75) is 25.7 Å². The van der Waals surface area contributed by atoms with Gasteiger partial charge >= 0.3 is 6.61 Å². The molecule has 0 aromatic heterocycles. The zero-order valence-electron chi connectivity index (χ0n) is 13.6. The van der Waals surface area contributed by atoms with Gasteiger partial charge in [0.2, 0.25) is 0 Å². The van der Waals surface area contributed by atoms with Crippen LogP contribution in [0.1, 0.15) is 30.2 Å². The summed E-state index contributed by atoms with van der Waals surface area (Å²) < 4.78 is 33.6. The van der Waals surface area contributed by atoms with Crippen LogP contribution in [0.4, 0.5) is 8.78 Å². The molecule has 130 valence electrons. The number of methoxy groups -OCH3 is 1. The predicted octanol–water partition coefficient (Wildman–Crippen LogP) is 3.68. The maximum atomic E-state index is 12.1. The molecule has 0 heterocycles. The highest BCUT2D eigenvalue weighted by atomic mass is 19.3. The molecule has 0 spiro atoms. The molecule has 2 rings (SSSR count). The lowest BCUT2D eigenvalue weighted by atomic mass is 10.1. The second-order valence-electron chi connectivity index (χ2n) is 5.37. The molecule has 2 aromatic carbocycles. The van der Waals surface area contributed by atoms with Crippen molar-refractivity contribution in [3.63, 3.8) is 0 Å². The highest BCUT2D eigenvalue weighted by molar-refractivity contribution is 5.30. The number of aliphatic hydroxyl groups is 1. The first-order valence-electron chi connectivity index (χ1n) is 7.59. The molecule has 0 bridgehead atoms. The molecule has 2 N–H and O–H groups in total. The summed E-state index contributed by atoms with van der Waals surface area (Å²) in [5.41, 5.74) is 1.70. The Hall–Kier alpha value is -2.18. The molecular formula is C18H21F2NO3. The summed E-state index contributed by atoms with van der Waals surface area (Å²) in [6, 6.07) is 13.7. The van der Waals surface area contributed by atoms with Crippen LogP contribution in [0.25, 0.3) is 0 Å². The zero-order chi connectivity index (χ0) is 17.5. The van der Waals surface area contributed by atoms with E-state index >= 15 is 0 Å². The van der Waals surface area contributed by atoms with Gasteiger partial charge in [-0.05, 0) is 42.3 Å². The van der Waals surface area contributed by atoms with Crippen molar-refractivity contribution in [2.24, 2.45) is 0 Å². The van der Waals surface area contributed by atoms with Gasteiger partial charge < -0.3 is 19.9 Å². The third kappa shape index (κ3) is 5.18. The van der Waals surface area contributed by atoms with E-state index in [1.54, 1.807) is 19.2 Å². The van der Waals surface area contributed by atoms with E-state index < -0.39 is 12.7 Å². The fraction of sp³-hybridized carbons (Fsp3) is 0.333. The summed E-state index contributed by atoms with van der Waals surface area (Å²) >= 11 is 0. The van der Waals surface area contributed by atoms with Crippen LogP contribution in [0, 0.1) is 0 Å². The van der Waals surface area contributed by atoms with Gasteiger partial charge in [0.05, 0.1) is 13.2 Å². The van der Waals surface area contributed by atoms with E-state index in [1.807, 2.05) is 31.2 Å². The van der Waals surface area contributed by atoms with Gasteiger partial charge in [-0.2, -0.15) is 8.78 Å².